The quantitative estimate of drug-likeness (QED) is 0.774. The smallest absolute Gasteiger partial charge is 0.306 e. The van der Waals surface area contributed by atoms with Gasteiger partial charge in [-0.05, 0) is 37.0 Å². The summed E-state index contributed by atoms with van der Waals surface area (Å²) in [6, 6.07) is 7.12. The van der Waals surface area contributed by atoms with Crippen LogP contribution in [0.2, 0.25) is 0 Å². The van der Waals surface area contributed by atoms with E-state index in [4.69, 9.17) is 4.74 Å². The van der Waals surface area contributed by atoms with Crippen LogP contribution in [0.4, 0.5) is 0 Å². The second kappa shape index (κ2) is 7.82. The van der Waals surface area contributed by atoms with Gasteiger partial charge in [0.05, 0.1) is 19.1 Å². The molecule has 2 N–H and O–H groups in total. The summed E-state index contributed by atoms with van der Waals surface area (Å²) in [5, 5.41) is 12.1. The molecular formula is C17H25NO4. The van der Waals surface area contributed by atoms with Gasteiger partial charge < -0.3 is 15.2 Å². The minimum absolute atomic E-state index is 0.139. The summed E-state index contributed by atoms with van der Waals surface area (Å²) in [4.78, 5) is 23.3. The zero-order valence-corrected chi connectivity index (χ0v) is 13.7. The molecule has 1 aromatic carbocycles. The van der Waals surface area contributed by atoms with Crippen LogP contribution in [0.5, 0.6) is 5.75 Å². The number of carbonyl (C=O) groups is 2. The minimum atomic E-state index is -0.964. The molecule has 0 aromatic heterocycles. The van der Waals surface area contributed by atoms with Gasteiger partial charge in [-0.3, -0.25) is 9.59 Å². The minimum Gasteiger partial charge on any atom is -0.497 e. The summed E-state index contributed by atoms with van der Waals surface area (Å²) >= 11 is 0. The predicted octanol–water partition coefficient (Wildman–Crippen LogP) is 2.94. The van der Waals surface area contributed by atoms with Gasteiger partial charge in [0.25, 0.3) is 0 Å². The number of hydrogen-bond acceptors (Lipinski definition) is 3. The highest BCUT2D eigenvalue weighted by molar-refractivity contribution is 5.78. The van der Waals surface area contributed by atoms with Gasteiger partial charge in [0.2, 0.25) is 5.91 Å². The number of carbonyl (C=O) groups excluding carboxylic acids is 1. The van der Waals surface area contributed by atoms with Crippen molar-refractivity contribution in [2.75, 3.05) is 7.11 Å². The highest BCUT2D eigenvalue weighted by atomic mass is 16.5. The first-order valence-corrected chi connectivity index (χ1v) is 7.44. The summed E-state index contributed by atoms with van der Waals surface area (Å²) in [6.45, 7) is 5.82. The van der Waals surface area contributed by atoms with Crippen molar-refractivity contribution in [1.29, 1.82) is 0 Å². The van der Waals surface area contributed by atoms with E-state index in [9.17, 15) is 14.7 Å². The molecule has 0 aliphatic carbocycles. The lowest BCUT2D eigenvalue weighted by Crippen LogP contribution is -2.45. The third-order valence-corrected chi connectivity index (χ3v) is 3.58. The zero-order valence-electron chi connectivity index (χ0n) is 13.7. The molecule has 0 heterocycles. The van der Waals surface area contributed by atoms with E-state index in [0.29, 0.717) is 23.7 Å². The molecule has 0 saturated carbocycles. The summed E-state index contributed by atoms with van der Waals surface area (Å²) < 4.78 is 5.18. The van der Waals surface area contributed by atoms with E-state index in [0.717, 1.165) is 6.42 Å². The van der Waals surface area contributed by atoms with E-state index in [-0.39, 0.29) is 12.3 Å². The SMILES string of the molecule is COc1cccc(C(C)(CC(=O)O)NC(=O)CCC(C)C)c1. The molecule has 1 amide bonds. The number of carboxylic acid groups (broad SMARTS) is 1. The van der Waals surface area contributed by atoms with Crippen LogP contribution in [0.1, 0.15) is 45.6 Å². The normalized spacial score (nSPS) is 13.5. The number of rotatable bonds is 8. The number of methoxy groups -OCH3 is 1. The summed E-state index contributed by atoms with van der Waals surface area (Å²) in [5.41, 5.74) is -0.249. The molecule has 122 valence electrons. The monoisotopic (exact) mass is 307 g/mol. The van der Waals surface area contributed by atoms with Gasteiger partial charge in [-0.1, -0.05) is 26.0 Å². The predicted molar refractivity (Wildman–Crippen MR) is 84.8 cm³/mol. The molecule has 5 nitrogen and oxygen atoms in total. The Labute approximate surface area is 131 Å². The highest BCUT2D eigenvalue weighted by Crippen LogP contribution is 2.28. The number of benzene rings is 1. The van der Waals surface area contributed by atoms with E-state index in [2.05, 4.69) is 5.32 Å². The maximum Gasteiger partial charge on any atom is 0.306 e. The lowest BCUT2D eigenvalue weighted by atomic mass is 9.88. The fraction of sp³-hybridized carbons (Fsp3) is 0.529. The Balaban J connectivity index is 2.98. The molecule has 0 aliphatic heterocycles. The third-order valence-electron chi connectivity index (χ3n) is 3.58. The molecule has 5 heteroatoms. The average molecular weight is 307 g/mol. The first-order valence-electron chi connectivity index (χ1n) is 7.44. The molecular weight excluding hydrogens is 282 g/mol. The molecule has 0 radical (unpaired) electrons. The van der Waals surface area contributed by atoms with Gasteiger partial charge in [0, 0.05) is 6.42 Å². The molecule has 22 heavy (non-hydrogen) atoms. The van der Waals surface area contributed by atoms with Crippen LogP contribution in [0.25, 0.3) is 0 Å². The standard InChI is InChI=1S/C17H25NO4/c1-12(2)8-9-15(19)18-17(3,11-16(20)21)13-6-5-7-14(10-13)22-4/h5-7,10,12H,8-9,11H2,1-4H3,(H,18,19)(H,20,21). The number of hydrogen-bond donors (Lipinski definition) is 2. The van der Waals surface area contributed by atoms with Crippen molar-refractivity contribution < 1.29 is 19.4 Å². The molecule has 1 unspecified atom stereocenters. The lowest BCUT2D eigenvalue weighted by Gasteiger charge is -2.30. The third kappa shape index (κ3) is 5.39. The van der Waals surface area contributed by atoms with Gasteiger partial charge >= 0.3 is 5.97 Å². The van der Waals surface area contributed by atoms with Gasteiger partial charge in [-0.2, -0.15) is 0 Å². The largest absolute Gasteiger partial charge is 0.497 e. The van der Waals surface area contributed by atoms with Crippen LogP contribution in [0.3, 0.4) is 0 Å². The summed E-state index contributed by atoms with van der Waals surface area (Å²) in [7, 11) is 1.55. The Bertz CT molecular complexity index is 527. The Kier molecular flexibility index (Phi) is 6.40. The Hall–Kier alpha value is -2.04. The molecule has 1 rings (SSSR count). The van der Waals surface area contributed by atoms with Crippen LogP contribution in [0.15, 0.2) is 24.3 Å². The van der Waals surface area contributed by atoms with Crippen LogP contribution in [-0.4, -0.2) is 24.1 Å². The van der Waals surface area contributed by atoms with Crippen molar-refractivity contribution in [1.82, 2.24) is 5.32 Å². The van der Waals surface area contributed by atoms with Gasteiger partial charge in [-0.15, -0.1) is 0 Å². The molecule has 0 spiro atoms. The fourth-order valence-corrected chi connectivity index (χ4v) is 2.28. The Morgan fingerprint density at radius 3 is 2.59 bits per heavy atom. The van der Waals surface area contributed by atoms with Crippen molar-refractivity contribution in [3.8, 4) is 5.75 Å². The number of nitrogens with one attached hydrogen (secondary N) is 1. The fourth-order valence-electron chi connectivity index (χ4n) is 2.28. The van der Waals surface area contributed by atoms with E-state index >= 15 is 0 Å². The van der Waals surface area contributed by atoms with E-state index < -0.39 is 11.5 Å². The van der Waals surface area contributed by atoms with Gasteiger partial charge in [0.1, 0.15) is 5.75 Å². The van der Waals surface area contributed by atoms with Crippen LogP contribution < -0.4 is 10.1 Å². The van der Waals surface area contributed by atoms with Crippen molar-refractivity contribution >= 4 is 11.9 Å². The number of ether oxygens (including phenoxy) is 1. The molecule has 1 aromatic rings. The van der Waals surface area contributed by atoms with Crippen molar-refractivity contribution in [2.24, 2.45) is 5.92 Å². The molecule has 0 bridgehead atoms. The summed E-state index contributed by atoms with van der Waals surface area (Å²) in [5.74, 6) is -0.0476. The van der Waals surface area contributed by atoms with Gasteiger partial charge in [-0.25, -0.2) is 0 Å². The Morgan fingerprint density at radius 1 is 1.36 bits per heavy atom. The van der Waals surface area contributed by atoms with Crippen LogP contribution in [0, 0.1) is 5.92 Å². The van der Waals surface area contributed by atoms with E-state index in [1.54, 1.807) is 38.3 Å². The molecule has 0 saturated heterocycles. The maximum atomic E-state index is 12.1. The second-order valence-corrected chi connectivity index (χ2v) is 6.12. The summed E-state index contributed by atoms with van der Waals surface area (Å²) in [6.07, 6.45) is 0.970. The first-order chi connectivity index (χ1) is 10.3. The first kappa shape index (κ1) is 18.0. The van der Waals surface area contributed by atoms with Crippen molar-refractivity contribution in [3.05, 3.63) is 29.8 Å². The Morgan fingerprint density at radius 2 is 2.05 bits per heavy atom. The topological polar surface area (TPSA) is 75.6 Å². The molecule has 0 fully saturated rings. The average Bonchev–Trinajstić information content (AvgIpc) is 2.44. The maximum absolute atomic E-state index is 12.1. The van der Waals surface area contributed by atoms with Gasteiger partial charge in [0.15, 0.2) is 0 Å². The highest BCUT2D eigenvalue weighted by Gasteiger charge is 2.31. The number of aliphatic carboxylic acids is 1. The van der Waals surface area contributed by atoms with Crippen molar-refractivity contribution in [3.63, 3.8) is 0 Å². The van der Waals surface area contributed by atoms with Crippen LogP contribution in [-0.2, 0) is 15.1 Å². The second-order valence-electron chi connectivity index (χ2n) is 6.12. The van der Waals surface area contributed by atoms with Crippen molar-refractivity contribution in [2.45, 2.75) is 45.6 Å². The van der Waals surface area contributed by atoms with E-state index in [1.165, 1.54) is 0 Å². The van der Waals surface area contributed by atoms with E-state index in [1.807, 2.05) is 13.8 Å². The number of amides is 1. The van der Waals surface area contributed by atoms with Crippen LogP contribution >= 0.6 is 0 Å². The number of carboxylic acids is 1. The molecule has 1 atom stereocenters. The lowest BCUT2D eigenvalue weighted by molar-refractivity contribution is -0.139. The zero-order chi connectivity index (χ0) is 16.8. The molecule has 0 aliphatic rings.